The van der Waals surface area contributed by atoms with Crippen molar-refractivity contribution in [1.29, 1.82) is 0 Å². The van der Waals surface area contributed by atoms with Crippen molar-refractivity contribution in [2.75, 3.05) is 6.54 Å². The molecular formula is C23H30NO3-. The summed E-state index contributed by atoms with van der Waals surface area (Å²) in [5.74, 6) is 0.493. The fourth-order valence-electron chi connectivity index (χ4n) is 6.58. The number of amides is 1. The zero-order valence-electron chi connectivity index (χ0n) is 16.2. The van der Waals surface area contributed by atoms with E-state index in [-0.39, 0.29) is 23.7 Å². The third-order valence-corrected chi connectivity index (χ3v) is 7.45. The van der Waals surface area contributed by atoms with Gasteiger partial charge in [0.1, 0.15) is 0 Å². The van der Waals surface area contributed by atoms with Crippen LogP contribution in [0.2, 0.25) is 0 Å². The van der Waals surface area contributed by atoms with Crippen molar-refractivity contribution in [2.45, 2.75) is 57.8 Å². The molecule has 1 N–H and O–H groups in total. The average Bonchev–Trinajstić information content (AvgIpc) is 2.63. The van der Waals surface area contributed by atoms with Crippen LogP contribution in [-0.4, -0.2) is 18.4 Å². The number of carbonyl (C=O) groups is 2. The Morgan fingerprint density at radius 2 is 1.63 bits per heavy atom. The van der Waals surface area contributed by atoms with Crippen LogP contribution in [0.25, 0.3) is 0 Å². The fourth-order valence-corrected chi connectivity index (χ4v) is 6.58. The Bertz CT molecular complexity index is 664. The monoisotopic (exact) mass is 368 g/mol. The Morgan fingerprint density at radius 1 is 1.07 bits per heavy atom. The van der Waals surface area contributed by atoms with Crippen LogP contribution in [0, 0.1) is 29.1 Å². The van der Waals surface area contributed by atoms with Crippen LogP contribution in [0.4, 0.5) is 0 Å². The first-order chi connectivity index (χ1) is 12.9. The summed E-state index contributed by atoms with van der Waals surface area (Å²) in [4.78, 5) is 24.3. The second kappa shape index (κ2) is 7.29. The molecular weight excluding hydrogens is 338 g/mol. The summed E-state index contributed by atoms with van der Waals surface area (Å²) in [6.45, 7) is 2.65. The van der Waals surface area contributed by atoms with Crippen molar-refractivity contribution in [2.24, 2.45) is 29.1 Å². The van der Waals surface area contributed by atoms with Gasteiger partial charge >= 0.3 is 0 Å². The molecule has 4 nitrogen and oxygen atoms in total. The van der Waals surface area contributed by atoms with E-state index in [0.717, 1.165) is 23.3 Å². The number of hydrogen-bond acceptors (Lipinski definition) is 3. The minimum absolute atomic E-state index is 0.133. The van der Waals surface area contributed by atoms with Crippen molar-refractivity contribution in [3.63, 3.8) is 0 Å². The maximum atomic E-state index is 13.0. The highest BCUT2D eigenvalue weighted by molar-refractivity contribution is 5.83. The summed E-state index contributed by atoms with van der Waals surface area (Å²) in [5.41, 5.74) is 1.25. The van der Waals surface area contributed by atoms with Gasteiger partial charge in [-0.3, -0.25) is 4.79 Å². The molecule has 27 heavy (non-hydrogen) atoms. The lowest BCUT2D eigenvalue weighted by molar-refractivity contribution is -0.306. The Hall–Kier alpha value is -1.84. The van der Waals surface area contributed by atoms with Gasteiger partial charge in [-0.1, -0.05) is 37.3 Å². The lowest BCUT2D eigenvalue weighted by Crippen LogP contribution is -2.52. The molecule has 0 aliphatic heterocycles. The van der Waals surface area contributed by atoms with Crippen LogP contribution in [0.5, 0.6) is 0 Å². The van der Waals surface area contributed by atoms with Gasteiger partial charge in [0.2, 0.25) is 5.91 Å². The molecule has 0 radical (unpaired) electrons. The molecule has 1 aromatic carbocycles. The Kier molecular flexibility index (Phi) is 5.00. The van der Waals surface area contributed by atoms with E-state index >= 15 is 0 Å². The van der Waals surface area contributed by atoms with Crippen LogP contribution in [0.1, 0.15) is 63.4 Å². The van der Waals surface area contributed by atoms with Crippen LogP contribution < -0.4 is 10.4 Å². The Morgan fingerprint density at radius 3 is 2.15 bits per heavy atom. The molecule has 4 fully saturated rings. The molecule has 146 valence electrons. The average molecular weight is 368 g/mol. The molecule has 4 aliphatic rings. The summed E-state index contributed by atoms with van der Waals surface area (Å²) >= 11 is 0. The molecule has 4 heteroatoms. The molecule has 4 saturated carbocycles. The normalized spacial score (nSPS) is 33.4. The summed E-state index contributed by atoms with van der Waals surface area (Å²) < 4.78 is 0. The largest absolute Gasteiger partial charge is 0.550 e. The highest BCUT2D eigenvalue weighted by Gasteiger charge is 2.50. The third-order valence-electron chi connectivity index (χ3n) is 7.45. The topological polar surface area (TPSA) is 69.2 Å². The van der Waals surface area contributed by atoms with Crippen molar-refractivity contribution in [3.05, 3.63) is 35.9 Å². The van der Waals surface area contributed by atoms with Gasteiger partial charge in [-0.05, 0) is 79.6 Å². The summed E-state index contributed by atoms with van der Waals surface area (Å²) in [7, 11) is 0. The number of nitrogens with one attached hydrogen (secondary N) is 1. The van der Waals surface area contributed by atoms with Gasteiger partial charge in [0, 0.05) is 18.4 Å². The van der Waals surface area contributed by atoms with Gasteiger partial charge in [0.25, 0.3) is 0 Å². The van der Waals surface area contributed by atoms with E-state index in [1.165, 1.54) is 38.5 Å². The first kappa shape index (κ1) is 18.5. The zero-order chi connectivity index (χ0) is 19.0. The van der Waals surface area contributed by atoms with E-state index in [2.05, 4.69) is 5.32 Å². The quantitative estimate of drug-likeness (QED) is 0.804. The second-order valence-electron chi connectivity index (χ2n) is 9.52. The molecule has 0 spiro atoms. The number of carboxylic acid groups (broad SMARTS) is 1. The molecule has 4 aliphatic carbocycles. The second-order valence-corrected chi connectivity index (χ2v) is 9.52. The van der Waals surface area contributed by atoms with Crippen LogP contribution >= 0.6 is 0 Å². The number of benzene rings is 1. The highest BCUT2D eigenvalue weighted by Crippen LogP contribution is 2.59. The minimum Gasteiger partial charge on any atom is -0.550 e. The van der Waals surface area contributed by atoms with Gasteiger partial charge < -0.3 is 15.2 Å². The van der Waals surface area contributed by atoms with Crippen molar-refractivity contribution in [1.82, 2.24) is 5.32 Å². The van der Waals surface area contributed by atoms with Crippen molar-refractivity contribution < 1.29 is 14.7 Å². The van der Waals surface area contributed by atoms with E-state index in [9.17, 15) is 14.7 Å². The molecule has 0 saturated heterocycles. The smallest absolute Gasteiger partial charge is 0.224 e. The van der Waals surface area contributed by atoms with Gasteiger partial charge in [0.05, 0.1) is 0 Å². The van der Waals surface area contributed by atoms with E-state index in [0.29, 0.717) is 6.54 Å². The van der Waals surface area contributed by atoms with Crippen LogP contribution in [-0.2, 0) is 9.59 Å². The van der Waals surface area contributed by atoms with Crippen molar-refractivity contribution >= 4 is 11.9 Å². The predicted molar refractivity (Wildman–Crippen MR) is 102 cm³/mol. The Labute approximate surface area is 161 Å². The van der Waals surface area contributed by atoms with Gasteiger partial charge in [-0.2, -0.15) is 0 Å². The molecule has 2 atom stereocenters. The molecule has 0 unspecified atom stereocenters. The predicted octanol–water partition coefficient (Wildman–Crippen LogP) is 2.88. The maximum absolute atomic E-state index is 13.0. The van der Waals surface area contributed by atoms with E-state index in [1.807, 2.05) is 37.3 Å². The van der Waals surface area contributed by atoms with E-state index < -0.39 is 11.9 Å². The molecule has 5 rings (SSSR count). The maximum Gasteiger partial charge on any atom is 0.224 e. The molecule has 0 heterocycles. The minimum atomic E-state index is -1.16. The van der Waals surface area contributed by atoms with Crippen LogP contribution in [0.3, 0.4) is 0 Å². The lowest BCUT2D eigenvalue weighted by Gasteiger charge is -2.57. The SMILES string of the molecule is C[C@@H](c1ccccc1)[C@H](CC(=O)[O-])C(=O)NCC12CC3CC(CC(C3)C1)C2. The number of carbonyl (C=O) groups excluding carboxylic acids is 2. The molecule has 0 aromatic heterocycles. The first-order valence-corrected chi connectivity index (χ1v) is 10.5. The lowest BCUT2D eigenvalue weighted by atomic mass is 9.49. The summed E-state index contributed by atoms with van der Waals surface area (Å²) in [6, 6.07) is 9.69. The van der Waals surface area contributed by atoms with Gasteiger partial charge in [-0.15, -0.1) is 0 Å². The van der Waals surface area contributed by atoms with Crippen molar-refractivity contribution in [3.8, 4) is 0 Å². The molecule has 1 aromatic rings. The van der Waals surface area contributed by atoms with Gasteiger partial charge in [-0.25, -0.2) is 0 Å². The fraction of sp³-hybridized carbons (Fsp3) is 0.652. The highest BCUT2D eigenvalue weighted by atomic mass is 16.4. The Balaban J connectivity index is 1.43. The number of aliphatic carboxylic acids is 1. The molecule has 1 amide bonds. The number of hydrogen-bond donors (Lipinski definition) is 1. The molecule has 4 bridgehead atoms. The first-order valence-electron chi connectivity index (χ1n) is 10.5. The summed E-state index contributed by atoms with van der Waals surface area (Å²) in [5, 5.41) is 14.5. The van der Waals surface area contributed by atoms with Crippen LogP contribution in [0.15, 0.2) is 30.3 Å². The number of carboxylic acids is 1. The number of rotatable bonds is 7. The zero-order valence-corrected chi connectivity index (χ0v) is 16.2. The van der Waals surface area contributed by atoms with Gasteiger partial charge in [0.15, 0.2) is 0 Å². The van der Waals surface area contributed by atoms with E-state index in [4.69, 9.17) is 0 Å². The van der Waals surface area contributed by atoms with E-state index in [1.54, 1.807) is 0 Å². The third kappa shape index (κ3) is 3.90. The standard InChI is InChI=1S/C23H31NO3/c1-15(19-5-3-2-4-6-19)20(10-21(25)26)22(27)24-14-23-11-16-7-17(12-23)9-18(8-16)13-23/h2-6,15-18,20H,7-14H2,1H3,(H,24,27)(H,25,26)/p-1/t15-,16?,17?,18?,20-,23?/m0/s1. The summed E-state index contributed by atoms with van der Waals surface area (Å²) in [6.07, 6.45) is 7.61.